The molecule has 1 atom stereocenters. The third-order valence-corrected chi connectivity index (χ3v) is 10.9. The summed E-state index contributed by atoms with van der Waals surface area (Å²) >= 11 is 0. The van der Waals surface area contributed by atoms with Gasteiger partial charge in [0.25, 0.3) is 0 Å². The van der Waals surface area contributed by atoms with Crippen LogP contribution in [0.15, 0.2) is 59.6 Å². The van der Waals surface area contributed by atoms with Crippen molar-refractivity contribution in [2.24, 2.45) is 0 Å². The van der Waals surface area contributed by atoms with Gasteiger partial charge >= 0.3 is 0 Å². The molecule has 1 aromatic heterocycles. The van der Waals surface area contributed by atoms with Crippen LogP contribution in [0, 0.1) is 6.92 Å². The number of benzene rings is 2. The number of aromatic nitrogens is 2. The number of ketones is 1. The third kappa shape index (κ3) is 6.17. The van der Waals surface area contributed by atoms with Gasteiger partial charge in [0.1, 0.15) is 11.2 Å². The first kappa shape index (κ1) is 25.7. The lowest BCUT2D eigenvalue weighted by Gasteiger charge is -2.16. The van der Waals surface area contributed by atoms with Crippen LogP contribution in [0.5, 0.6) is 0 Å². The van der Waals surface area contributed by atoms with Crippen molar-refractivity contribution >= 4 is 28.8 Å². The number of hydrogen-bond acceptors (Lipinski definition) is 8. The molecule has 0 fully saturated rings. The summed E-state index contributed by atoms with van der Waals surface area (Å²) in [7, 11) is -7.08. The lowest BCUT2D eigenvalue weighted by Crippen LogP contribution is -2.12. The molecule has 180 valence electrons. The van der Waals surface area contributed by atoms with E-state index >= 15 is 0 Å². The molecule has 0 aliphatic heterocycles. The number of anilines is 1. The molecule has 0 unspecified atom stereocenters. The maximum absolute atomic E-state index is 12.9. The number of carbonyl (C=O) groups excluding carboxylic acids is 1. The Morgan fingerprint density at radius 1 is 1.06 bits per heavy atom. The minimum absolute atomic E-state index is 0.0248. The van der Waals surface area contributed by atoms with E-state index in [4.69, 9.17) is 10.3 Å². The first-order valence-electron chi connectivity index (χ1n) is 10.8. The second-order valence-corrected chi connectivity index (χ2v) is 13.1. The average Bonchev–Trinajstić information content (AvgIpc) is 2.80. The molecule has 2 aromatic carbocycles. The smallest absolute Gasteiger partial charge is 0.217 e. The van der Waals surface area contributed by atoms with Crippen LogP contribution in [0.2, 0.25) is 0 Å². The summed E-state index contributed by atoms with van der Waals surface area (Å²) in [5.74, 6) is -0.298. The van der Waals surface area contributed by atoms with Gasteiger partial charge in [-0.1, -0.05) is 48.9 Å². The molecule has 3 aromatic rings. The Hall–Kier alpha value is -2.87. The van der Waals surface area contributed by atoms with Gasteiger partial charge in [0.2, 0.25) is 7.37 Å². The van der Waals surface area contributed by atoms with Crippen LogP contribution in [0.25, 0.3) is 11.3 Å². The molecule has 0 aliphatic carbocycles. The number of hydrogen-bond donors (Lipinski definition) is 1. The molecule has 2 N–H and O–H groups in total. The van der Waals surface area contributed by atoms with E-state index in [1.54, 1.807) is 26.0 Å². The van der Waals surface area contributed by atoms with E-state index in [2.05, 4.69) is 9.97 Å². The minimum atomic E-state index is -3.81. The third-order valence-electron chi connectivity index (χ3n) is 5.27. The van der Waals surface area contributed by atoms with Gasteiger partial charge in [0, 0.05) is 18.1 Å². The molecule has 3 rings (SSSR count). The number of nitrogen functional groups attached to an aromatic ring is 1. The maximum Gasteiger partial charge on any atom is 0.217 e. The highest BCUT2D eigenvalue weighted by Gasteiger charge is 2.29. The van der Waals surface area contributed by atoms with Crippen molar-refractivity contribution in [3.05, 3.63) is 71.5 Å². The highest BCUT2D eigenvalue weighted by Crippen LogP contribution is 2.48. The summed E-state index contributed by atoms with van der Waals surface area (Å²) in [6.07, 6.45) is 1.63. The van der Waals surface area contributed by atoms with E-state index < -0.39 is 22.7 Å². The summed E-state index contributed by atoms with van der Waals surface area (Å²) in [6, 6.07) is 13.6. The molecule has 0 saturated carbocycles. The highest BCUT2D eigenvalue weighted by molar-refractivity contribution is 7.98. The fraction of sp³-hybridized carbons (Fsp3) is 0.292. The Labute approximate surface area is 200 Å². The summed E-state index contributed by atoms with van der Waals surface area (Å²) in [5.41, 5.74) is 8.47. The zero-order valence-electron chi connectivity index (χ0n) is 19.4. The monoisotopic (exact) mass is 501 g/mol. The van der Waals surface area contributed by atoms with Crippen LogP contribution in [-0.2, 0) is 25.3 Å². The van der Waals surface area contributed by atoms with Gasteiger partial charge < -0.3 is 10.3 Å². The molecule has 10 heteroatoms. The van der Waals surface area contributed by atoms with Crippen LogP contribution in [0.3, 0.4) is 0 Å². The predicted octanol–water partition coefficient (Wildman–Crippen LogP) is 4.53. The second-order valence-electron chi connectivity index (χ2n) is 7.89. The van der Waals surface area contributed by atoms with Gasteiger partial charge in [-0.3, -0.25) is 9.36 Å². The van der Waals surface area contributed by atoms with Gasteiger partial charge in [-0.25, -0.2) is 18.4 Å². The van der Waals surface area contributed by atoms with Crippen molar-refractivity contribution in [1.82, 2.24) is 9.97 Å². The molecule has 0 bridgehead atoms. The number of nitrogens with zero attached hydrogens (tertiary/aromatic N) is 2. The normalized spacial score (nSPS) is 13.4. The molecule has 0 aliphatic rings. The van der Waals surface area contributed by atoms with Crippen LogP contribution >= 0.6 is 7.37 Å². The Kier molecular flexibility index (Phi) is 8.02. The number of nitrogens with two attached hydrogens (primary N) is 1. The Balaban J connectivity index is 1.78. The zero-order valence-corrected chi connectivity index (χ0v) is 21.1. The fourth-order valence-corrected chi connectivity index (χ4v) is 8.24. The Morgan fingerprint density at radius 2 is 1.71 bits per heavy atom. The minimum Gasteiger partial charge on any atom is -0.382 e. The lowest BCUT2D eigenvalue weighted by atomic mass is 10.1. The van der Waals surface area contributed by atoms with Crippen molar-refractivity contribution in [2.45, 2.75) is 32.1 Å². The van der Waals surface area contributed by atoms with Crippen LogP contribution < -0.4 is 5.73 Å². The summed E-state index contributed by atoms with van der Waals surface area (Å²) in [6.45, 7) is 5.47. The van der Waals surface area contributed by atoms with Gasteiger partial charge in [-0.15, -0.1) is 0 Å². The Bertz CT molecular complexity index is 1320. The number of Topliss-reactive ketones (excluding diaryl/α,β-unsaturated/α-hetero) is 1. The summed E-state index contributed by atoms with van der Waals surface area (Å²) in [4.78, 5) is 21.5. The first-order valence-corrected chi connectivity index (χ1v) is 14.5. The van der Waals surface area contributed by atoms with Crippen LogP contribution in [0.1, 0.15) is 35.5 Å². The van der Waals surface area contributed by atoms with E-state index in [1.165, 1.54) is 18.3 Å². The Morgan fingerprint density at radius 3 is 2.29 bits per heavy atom. The van der Waals surface area contributed by atoms with E-state index in [-0.39, 0.29) is 41.4 Å². The van der Waals surface area contributed by atoms with Crippen LogP contribution in [0.4, 0.5) is 5.82 Å². The van der Waals surface area contributed by atoms with Crippen molar-refractivity contribution < 1.29 is 22.3 Å². The van der Waals surface area contributed by atoms with Crippen molar-refractivity contribution in [3.63, 3.8) is 0 Å². The van der Waals surface area contributed by atoms with E-state index in [9.17, 15) is 17.8 Å². The average molecular weight is 502 g/mol. The SMILES string of the molecule is CCO[P@@](=O)(CC)CS(=O)(=O)c1ccc(CC(=O)c2nc(-c3ccc(C)cc3)cnc2N)cc1. The maximum atomic E-state index is 12.9. The number of sulfone groups is 1. The molecular formula is C24H28N3O5PS. The fourth-order valence-electron chi connectivity index (χ4n) is 3.34. The zero-order chi connectivity index (χ0) is 24.9. The molecule has 1 heterocycles. The van der Waals surface area contributed by atoms with Crippen molar-refractivity contribution in [1.29, 1.82) is 0 Å². The molecular weight excluding hydrogens is 473 g/mol. The van der Waals surface area contributed by atoms with Crippen molar-refractivity contribution in [3.8, 4) is 11.3 Å². The summed E-state index contributed by atoms with van der Waals surface area (Å²) < 4.78 is 43.3. The number of rotatable bonds is 10. The summed E-state index contributed by atoms with van der Waals surface area (Å²) in [5, 5.41) is 0. The van der Waals surface area contributed by atoms with E-state index in [0.717, 1.165) is 11.1 Å². The highest BCUT2D eigenvalue weighted by atomic mass is 32.2. The molecule has 34 heavy (non-hydrogen) atoms. The second kappa shape index (κ2) is 10.6. The van der Waals surface area contributed by atoms with E-state index in [1.807, 2.05) is 31.2 Å². The molecule has 0 amide bonds. The predicted molar refractivity (Wildman–Crippen MR) is 133 cm³/mol. The van der Waals surface area contributed by atoms with Gasteiger partial charge in [-0.05, 0) is 31.5 Å². The standard InChI is InChI=1S/C24H28N3O5PS/c1-4-32-33(29,5-2)16-34(30,31)20-12-8-18(9-13-20)14-22(28)23-24(25)26-15-21(27-23)19-10-6-17(3)7-11-19/h6-13,15H,4-5,14,16H2,1-3H3,(H2,25,26)/t33-/m0/s1. The molecule has 8 nitrogen and oxygen atoms in total. The van der Waals surface area contributed by atoms with Gasteiger partial charge in [-0.2, -0.15) is 0 Å². The molecule has 0 spiro atoms. The van der Waals surface area contributed by atoms with E-state index in [0.29, 0.717) is 11.3 Å². The number of aryl methyl sites for hydroxylation is 1. The molecule has 0 saturated heterocycles. The van der Waals surface area contributed by atoms with Gasteiger partial charge in [0.05, 0.1) is 23.4 Å². The quantitative estimate of drug-likeness (QED) is 0.317. The molecule has 0 radical (unpaired) electrons. The first-order chi connectivity index (χ1) is 16.1. The van der Waals surface area contributed by atoms with Crippen molar-refractivity contribution in [2.75, 3.05) is 24.0 Å². The van der Waals surface area contributed by atoms with Gasteiger partial charge in [0.15, 0.2) is 21.4 Å². The number of carbonyl (C=O) groups is 1. The van der Waals surface area contributed by atoms with Crippen LogP contribution in [-0.4, -0.2) is 42.4 Å². The topological polar surface area (TPSA) is 129 Å². The lowest BCUT2D eigenvalue weighted by molar-refractivity contribution is 0.0989. The largest absolute Gasteiger partial charge is 0.382 e.